The normalized spacial score (nSPS) is 16.9. The molecule has 1 N–H and O–H groups in total. The second-order valence-corrected chi connectivity index (χ2v) is 5.88. The van der Waals surface area contributed by atoms with Crippen molar-refractivity contribution in [3.8, 4) is 11.1 Å². The molecule has 0 amide bonds. The van der Waals surface area contributed by atoms with Crippen molar-refractivity contribution < 1.29 is 4.39 Å². The molecule has 0 atom stereocenters. The summed E-state index contributed by atoms with van der Waals surface area (Å²) in [4.78, 5) is 14.5. The zero-order chi connectivity index (χ0) is 13.5. The zero-order valence-corrected chi connectivity index (χ0v) is 11.8. The largest absolute Gasteiger partial charge is 0.329 e. The minimum absolute atomic E-state index is 0.159. The predicted molar refractivity (Wildman–Crippen MR) is 76.8 cm³/mol. The molecule has 19 heavy (non-hydrogen) atoms. The standard InChI is InChI=1S/C15H13BrFNO/c16-12-8-10(13-3-1-6-18-14(13)19)7-11(9-12)15(17)4-2-5-15/h1,3,6-9H,2,4-5H2,(H,18,19). The number of H-pyrrole nitrogens is 1. The molecule has 0 aliphatic heterocycles. The van der Waals surface area contributed by atoms with Gasteiger partial charge in [0.05, 0.1) is 0 Å². The summed E-state index contributed by atoms with van der Waals surface area (Å²) in [7, 11) is 0. The van der Waals surface area contributed by atoms with E-state index in [1.165, 1.54) is 0 Å². The molecule has 0 unspecified atom stereocenters. The maximum Gasteiger partial charge on any atom is 0.255 e. The molecular formula is C15H13BrFNO. The van der Waals surface area contributed by atoms with Gasteiger partial charge in [0.2, 0.25) is 0 Å². The number of halogens is 2. The lowest BCUT2D eigenvalue weighted by atomic mass is 9.76. The summed E-state index contributed by atoms with van der Waals surface area (Å²) in [6, 6.07) is 8.95. The van der Waals surface area contributed by atoms with Crippen LogP contribution in [0.15, 0.2) is 45.8 Å². The number of hydrogen-bond acceptors (Lipinski definition) is 1. The van der Waals surface area contributed by atoms with Crippen LogP contribution in [0.3, 0.4) is 0 Å². The fourth-order valence-corrected chi connectivity index (χ4v) is 2.92. The molecule has 1 aromatic heterocycles. The fraction of sp³-hybridized carbons (Fsp3) is 0.267. The lowest BCUT2D eigenvalue weighted by Crippen LogP contribution is -2.28. The Hall–Kier alpha value is -1.42. The van der Waals surface area contributed by atoms with Crippen LogP contribution in [0.4, 0.5) is 4.39 Å². The van der Waals surface area contributed by atoms with Crippen LogP contribution in [-0.2, 0) is 5.67 Å². The Kier molecular flexibility index (Phi) is 3.05. The van der Waals surface area contributed by atoms with Crippen LogP contribution < -0.4 is 5.56 Å². The van der Waals surface area contributed by atoms with Gasteiger partial charge in [-0.25, -0.2) is 4.39 Å². The monoisotopic (exact) mass is 321 g/mol. The first-order valence-corrected chi connectivity index (χ1v) is 7.06. The highest BCUT2D eigenvalue weighted by molar-refractivity contribution is 9.10. The number of nitrogens with one attached hydrogen (secondary N) is 1. The second-order valence-electron chi connectivity index (χ2n) is 4.96. The van der Waals surface area contributed by atoms with E-state index in [0.29, 0.717) is 24.0 Å². The molecule has 1 heterocycles. The van der Waals surface area contributed by atoms with Crippen molar-refractivity contribution in [3.05, 3.63) is 56.9 Å². The van der Waals surface area contributed by atoms with Gasteiger partial charge in [0.1, 0.15) is 5.67 Å². The van der Waals surface area contributed by atoms with Crippen molar-refractivity contribution in [1.29, 1.82) is 0 Å². The van der Waals surface area contributed by atoms with Crippen LogP contribution in [0.25, 0.3) is 11.1 Å². The van der Waals surface area contributed by atoms with Gasteiger partial charge in [0.25, 0.3) is 5.56 Å². The summed E-state index contributed by atoms with van der Waals surface area (Å²) in [5.74, 6) is 0. The fourth-order valence-electron chi connectivity index (χ4n) is 2.43. The van der Waals surface area contributed by atoms with E-state index in [1.54, 1.807) is 30.5 Å². The van der Waals surface area contributed by atoms with E-state index >= 15 is 0 Å². The zero-order valence-electron chi connectivity index (χ0n) is 10.2. The molecule has 0 spiro atoms. The van der Waals surface area contributed by atoms with Gasteiger partial charge in [0.15, 0.2) is 0 Å². The van der Waals surface area contributed by atoms with E-state index < -0.39 is 5.67 Å². The lowest BCUT2D eigenvalue weighted by Gasteiger charge is -2.34. The molecule has 1 aliphatic carbocycles. The quantitative estimate of drug-likeness (QED) is 0.885. The Bertz CT molecular complexity index is 676. The first-order chi connectivity index (χ1) is 9.08. The van der Waals surface area contributed by atoms with Crippen LogP contribution >= 0.6 is 15.9 Å². The summed E-state index contributed by atoms with van der Waals surface area (Å²) in [6.45, 7) is 0. The Morgan fingerprint density at radius 3 is 2.68 bits per heavy atom. The van der Waals surface area contributed by atoms with Crippen molar-refractivity contribution >= 4 is 15.9 Å². The molecule has 98 valence electrons. The number of benzene rings is 1. The molecule has 2 aromatic rings. The molecule has 4 heteroatoms. The summed E-state index contributed by atoms with van der Waals surface area (Å²) in [6.07, 6.45) is 3.64. The Morgan fingerprint density at radius 2 is 2.05 bits per heavy atom. The van der Waals surface area contributed by atoms with Crippen LogP contribution in [0.5, 0.6) is 0 Å². The third-order valence-corrected chi connectivity index (χ3v) is 4.15. The van der Waals surface area contributed by atoms with E-state index in [1.807, 2.05) is 6.07 Å². The van der Waals surface area contributed by atoms with E-state index in [4.69, 9.17) is 0 Å². The van der Waals surface area contributed by atoms with Crippen molar-refractivity contribution in [2.75, 3.05) is 0 Å². The predicted octanol–water partition coefficient (Wildman–Crippen LogP) is 4.15. The number of hydrogen-bond donors (Lipinski definition) is 1. The summed E-state index contributed by atoms with van der Waals surface area (Å²) < 4.78 is 15.3. The smallest absolute Gasteiger partial charge is 0.255 e. The van der Waals surface area contributed by atoms with Crippen LogP contribution in [0, 0.1) is 0 Å². The highest BCUT2D eigenvalue weighted by Crippen LogP contribution is 2.46. The van der Waals surface area contributed by atoms with Crippen LogP contribution in [0.2, 0.25) is 0 Å². The van der Waals surface area contributed by atoms with Gasteiger partial charge in [-0.1, -0.05) is 15.9 Å². The molecule has 1 saturated carbocycles. The number of aromatic amines is 1. The summed E-state index contributed by atoms with van der Waals surface area (Å²) in [5.41, 5.74) is 0.586. The topological polar surface area (TPSA) is 32.9 Å². The third-order valence-electron chi connectivity index (χ3n) is 3.69. The minimum Gasteiger partial charge on any atom is -0.329 e. The molecule has 1 aliphatic rings. The van der Waals surface area contributed by atoms with Crippen molar-refractivity contribution in [3.63, 3.8) is 0 Å². The molecular weight excluding hydrogens is 309 g/mol. The number of aromatic nitrogens is 1. The Morgan fingerprint density at radius 1 is 1.26 bits per heavy atom. The minimum atomic E-state index is -1.22. The molecule has 0 saturated heterocycles. The van der Waals surface area contributed by atoms with Gasteiger partial charge >= 0.3 is 0 Å². The molecule has 2 nitrogen and oxygen atoms in total. The van der Waals surface area contributed by atoms with Crippen molar-refractivity contribution in [1.82, 2.24) is 4.98 Å². The highest BCUT2D eigenvalue weighted by Gasteiger charge is 2.39. The summed E-state index contributed by atoms with van der Waals surface area (Å²) in [5, 5.41) is 0. The third kappa shape index (κ3) is 2.25. The summed E-state index contributed by atoms with van der Waals surface area (Å²) >= 11 is 3.40. The highest BCUT2D eigenvalue weighted by atomic mass is 79.9. The Labute approximate surface area is 118 Å². The molecule has 1 aromatic carbocycles. The number of rotatable bonds is 2. The average Bonchev–Trinajstić information content (AvgIpc) is 2.35. The van der Waals surface area contributed by atoms with Gasteiger partial charge in [-0.3, -0.25) is 4.79 Å². The first kappa shape index (κ1) is 12.6. The van der Waals surface area contributed by atoms with E-state index in [-0.39, 0.29) is 5.56 Å². The first-order valence-electron chi connectivity index (χ1n) is 6.27. The molecule has 3 rings (SSSR count). The van der Waals surface area contributed by atoms with Gasteiger partial charge in [0, 0.05) is 16.2 Å². The Balaban J connectivity index is 2.13. The van der Waals surface area contributed by atoms with E-state index in [9.17, 15) is 9.18 Å². The average molecular weight is 322 g/mol. The molecule has 0 radical (unpaired) electrons. The van der Waals surface area contributed by atoms with E-state index in [2.05, 4.69) is 20.9 Å². The SMILES string of the molecule is O=c1[nH]cccc1-c1cc(Br)cc(C2(F)CCC2)c1. The van der Waals surface area contributed by atoms with Crippen LogP contribution in [-0.4, -0.2) is 4.98 Å². The molecule has 0 bridgehead atoms. The van der Waals surface area contributed by atoms with Crippen LogP contribution in [0.1, 0.15) is 24.8 Å². The van der Waals surface area contributed by atoms with Crippen molar-refractivity contribution in [2.45, 2.75) is 24.9 Å². The number of pyridine rings is 1. The van der Waals surface area contributed by atoms with Gasteiger partial charge < -0.3 is 4.98 Å². The van der Waals surface area contributed by atoms with Gasteiger partial charge in [-0.05, 0) is 60.7 Å². The van der Waals surface area contributed by atoms with E-state index in [0.717, 1.165) is 16.5 Å². The van der Waals surface area contributed by atoms with Gasteiger partial charge in [-0.2, -0.15) is 0 Å². The maximum absolute atomic E-state index is 14.5. The number of alkyl halides is 1. The second kappa shape index (κ2) is 4.60. The van der Waals surface area contributed by atoms with Gasteiger partial charge in [-0.15, -0.1) is 0 Å². The molecule has 1 fully saturated rings. The van der Waals surface area contributed by atoms with Crippen molar-refractivity contribution in [2.24, 2.45) is 0 Å². The maximum atomic E-state index is 14.5. The lowest BCUT2D eigenvalue weighted by molar-refractivity contribution is 0.0609.